The first kappa shape index (κ1) is 18.1. The third kappa shape index (κ3) is 4.88. The highest BCUT2D eigenvalue weighted by Crippen LogP contribution is 2.27. The van der Waals surface area contributed by atoms with Crippen molar-refractivity contribution in [3.8, 4) is 5.75 Å². The van der Waals surface area contributed by atoms with E-state index in [0.29, 0.717) is 27.0 Å². The lowest BCUT2D eigenvalue weighted by molar-refractivity contribution is -0.116. The van der Waals surface area contributed by atoms with Crippen LogP contribution < -0.4 is 15.4 Å². The van der Waals surface area contributed by atoms with Crippen LogP contribution in [0, 0.1) is 0 Å². The summed E-state index contributed by atoms with van der Waals surface area (Å²) in [5, 5.41) is 6.13. The number of rotatable bonds is 6. The van der Waals surface area contributed by atoms with Gasteiger partial charge in [-0.05, 0) is 30.3 Å². The Morgan fingerprint density at radius 1 is 1.08 bits per heavy atom. The number of benzene rings is 2. The molecule has 0 spiro atoms. The minimum Gasteiger partial charge on any atom is -0.495 e. The van der Waals surface area contributed by atoms with Crippen LogP contribution in [0.1, 0.15) is 16.8 Å². The Hall–Kier alpha value is -2.24. The molecule has 0 unspecified atom stereocenters. The Balaban J connectivity index is 1.82. The predicted octanol–water partition coefficient (Wildman–Crippen LogP) is 3.76. The van der Waals surface area contributed by atoms with Crippen LogP contribution in [0.4, 0.5) is 5.69 Å². The highest BCUT2D eigenvalue weighted by molar-refractivity contribution is 6.33. The molecule has 2 rings (SSSR count). The summed E-state index contributed by atoms with van der Waals surface area (Å²) in [4.78, 5) is 23.9. The summed E-state index contributed by atoms with van der Waals surface area (Å²) in [6, 6.07) is 11.7. The molecule has 0 atom stereocenters. The second-order valence-corrected chi connectivity index (χ2v) is 5.70. The third-order valence-corrected chi connectivity index (χ3v) is 3.82. The van der Waals surface area contributed by atoms with E-state index in [-0.39, 0.29) is 24.8 Å². The van der Waals surface area contributed by atoms with Crippen LogP contribution in [-0.4, -0.2) is 25.5 Å². The normalized spacial score (nSPS) is 10.1. The van der Waals surface area contributed by atoms with Gasteiger partial charge in [0, 0.05) is 18.7 Å². The molecular formula is C17H16Cl2N2O3. The first-order valence-corrected chi connectivity index (χ1v) is 7.93. The summed E-state index contributed by atoms with van der Waals surface area (Å²) in [6.45, 7) is 0.194. The van der Waals surface area contributed by atoms with Gasteiger partial charge in [0.25, 0.3) is 5.91 Å². The van der Waals surface area contributed by atoms with E-state index in [1.54, 1.807) is 42.5 Å². The summed E-state index contributed by atoms with van der Waals surface area (Å²) in [6.07, 6.45) is 0.125. The minimum atomic E-state index is -0.319. The monoisotopic (exact) mass is 366 g/mol. The van der Waals surface area contributed by atoms with E-state index in [9.17, 15) is 9.59 Å². The lowest BCUT2D eigenvalue weighted by Crippen LogP contribution is -2.27. The largest absolute Gasteiger partial charge is 0.495 e. The van der Waals surface area contributed by atoms with Crippen LogP contribution in [0.3, 0.4) is 0 Å². The molecule has 0 bridgehead atoms. The summed E-state index contributed by atoms with van der Waals surface area (Å²) in [7, 11) is 1.52. The number of halogens is 2. The number of ether oxygens (including phenoxy) is 1. The van der Waals surface area contributed by atoms with Crippen LogP contribution in [0.2, 0.25) is 10.0 Å². The van der Waals surface area contributed by atoms with Crippen molar-refractivity contribution in [2.75, 3.05) is 19.0 Å². The highest BCUT2D eigenvalue weighted by atomic mass is 35.5. The molecule has 126 valence electrons. The van der Waals surface area contributed by atoms with Gasteiger partial charge in [-0.3, -0.25) is 9.59 Å². The molecular weight excluding hydrogens is 351 g/mol. The van der Waals surface area contributed by atoms with Gasteiger partial charge in [-0.1, -0.05) is 35.3 Å². The van der Waals surface area contributed by atoms with Crippen molar-refractivity contribution in [2.45, 2.75) is 6.42 Å². The maximum Gasteiger partial charge on any atom is 0.252 e. The number of hydrogen-bond acceptors (Lipinski definition) is 3. The van der Waals surface area contributed by atoms with Crippen molar-refractivity contribution in [1.29, 1.82) is 0 Å². The first-order chi connectivity index (χ1) is 11.5. The van der Waals surface area contributed by atoms with Gasteiger partial charge < -0.3 is 15.4 Å². The molecule has 2 amide bonds. The fraction of sp³-hybridized carbons (Fsp3) is 0.176. The number of hydrogen-bond donors (Lipinski definition) is 2. The van der Waals surface area contributed by atoms with Gasteiger partial charge >= 0.3 is 0 Å². The molecule has 0 radical (unpaired) electrons. The van der Waals surface area contributed by atoms with E-state index in [4.69, 9.17) is 27.9 Å². The first-order valence-electron chi connectivity index (χ1n) is 7.17. The van der Waals surface area contributed by atoms with E-state index < -0.39 is 0 Å². The zero-order chi connectivity index (χ0) is 17.5. The lowest BCUT2D eigenvalue weighted by Gasteiger charge is -2.09. The standard InChI is InChI=1S/C17H16Cl2N2O3/c1-24-15-7-6-11(10-14(15)19)21-16(22)8-9-20-17(23)12-4-2-3-5-13(12)18/h2-7,10H,8-9H2,1H3,(H,20,23)(H,21,22). The zero-order valence-electron chi connectivity index (χ0n) is 12.9. The van der Waals surface area contributed by atoms with E-state index in [0.717, 1.165) is 0 Å². The molecule has 0 aliphatic heterocycles. The molecule has 0 fully saturated rings. The number of carbonyl (C=O) groups excluding carboxylic acids is 2. The van der Waals surface area contributed by atoms with Crippen molar-refractivity contribution in [3.05, 3.63) is 58.1 Å². The van der Waals surface area contributed by atoms with Crippen LogP contribution >= 0.6 is 23.2 Å². The van der Waals surface area contributed by atoms with E-state index >= 15 is 0 Å². The Morgan fingerprint density at radius 3 is 2.50 bits per heavy atom. The average Bonchev–Trinajstić information content (AvgIpc) is 2.55. The van der Waals surface area contributed by atoms with Crippen LogP contribution in [0.25, 0.3) is 0 Å². The highest BCUT2D eigenvalue weighted by Gasteiger charge is 2.10. The van der Waals surface area contributed by atoms with Gasteiger partial charge in [-0.25, -0.2) is 0 Å². The maximum absolute atomic E-state index is 12.0. The topological polar surface area (TPSA) is 67.4 Å². The smallest absolute Gasteiger partial charge is 0.252 e. The molecule has 0 heterocycles. The number of anilines is 1. The molecule has 0 aromatic heterocycles. The molecule has 2 aromatic rings. The molecule has 5 nitrogen and oxygen atoms in total. The molecule has 0 saturated carbocycles. The number of nitrogens with one attached hydrogen (secondary N) is 2. The SMILES string of the molecule is COc1ccc(NC(=O)CCNC(=O)c2ccccc2Cl)cc1Cl. The lowest BCUT2D eigenvalue weighted by atomic mass is 10.2. The Morgan fingerprint density at radius 2 is 1.83 bits per heavy atom. The van der Waals surface area contributed by atoms with Crippen LogP contribution in [-0.2, 0) is 4.79 Å². The van der Waals surface area contributed by atoms with E-state index in [1.807, 2.05) is 0 Å². The quantitative estimate of drug-likeness (QED) is 0.817. The van der Waals surface area contributed by atoms with Gasteiger partial charge in [-0.15, -0.1) is 0 Å². The molecule has 24 heavy (non-hydrogen) atoms. The van der Waals surface area contributed by atoms with Gasteiger partial charge in [0.15, 0.2) is 0 Å². The minimum absolute atomic E-state index is 0.125. The molecule has 2 N–H and O–H groups in total. The number of methoxy groups -OCH3 is 1. The maximum atomic E-state index is 12.0. The predicted molar refractivity (Wildman–Crippen MR) is 95.0 cm³/mol. The van der Waals surface area contributed by atoms with Gasteiger partial charge in [-0.2, -0.15) is 0 Å². The molecule has 0 saturated heterocycles. The average molecular weight is 367 g/mol. The van der Waals surface area contributed by atoms with Crippen molar-refractivity contribution in [1.82, 2.24) is 5.32 Å². The van der Waals surface area contributed by atoms with Gasteiger partial charge in [0.05, 0.1) is 22.7 Å². The second kappa shape index (κ2) is 8.57. The van der Waals surface area contributed by atoms with Crippen LogP contribution in [0.5, 0.6) is 5.75 Å². The van der Waals surface area contributed by atoms with Crippen molar-refractivity contribution in [3.63, 3.8) is 0 Å². The zero-order valence-corrected chi connectivity index (χ0v) is 14.4. The van der Waals surface area contributed by atoms with Crippen molar-refractivity contribution in [2.24, 2.45) is 0 Å². The molecule has 0 aliphatic rings. The number of amides is 2. The molecule has 2 aromatic carbocycles. The van der Waals surface area contributed by atoms with Gasteiger partial charge in [0.2, 0.25) is 5.91 Å². The third-order valence-electron chi connectivity index (χ3n) is 3.19. The van der Waals surface area contributed by atoms with Crippen molar-refractivity contribution >= 4 is 40.7 Å². The summed E-state index contributed by atoms with van der Waals surface area (Å²) in [5.74, 6) is -0.0294. The van der Waals surface area contributed by atoms with Gasteiger partial charge in [0.1, 0.15) is 5.75 Å². The molecule has 7 heteroatoms. The second-order valence-electron chi connectivity index (χ2n) is 4.88. The summed E-state index contributed by atoms with van der Waals surface area (Å²) in [5.41, 5.74) is 0.935. The number of carbonyl (C=O) groups is 2. The summed E-state index contributed by atoms with van der Waals surface area (Å²) < 4.78 is 5.04. The Labute approximate surface area is 149 Å². The van der Waals surface area contributed by atoms with E-state index in [1.165, 1.54) is 7.11 Å². The van der Waals surface area contributed by atoms with Crippen LogP contribution in [0.15, 0.2) is 42.5 Å². The van der Waals surface area contributed by atoms with Crippen molar-refractivity contribution < 1.29 is 14.3 Å². The fourth-order valence-electron chi connectivity index (χ4n) is 2.00. The summed E-state index contributed by atoms with van der Waals surface area (Å²) >= 11 is 11.9. The fourth-order valence-corrected chi connectivity index (χ4v) is 2.48. The Kier molecular flexibility index (Phi) is 6.46. The van der Waals surface area contributed by atoms with E-state index in [2.05, 4.69) is 10.6 Å². The Bertz CT molecular complexity index is 750. The molecule has 0 aliphatic carbocycles.